The van der Waals surface area contributed by atoms with Crippen LogP contribution in [-0.4, -0.2) is 14.8 Å². The van der Waals surface area contributed by atoms with E-state index in [1.165, 1.54) is 0 Å². The molecule has 0 fully saturated rings. The molecular weight excluding hydrogens is 342 g/mol. The zero-order valence-electron chi connectivity index (χ0n) is 11.8. The minimum absolute atomic E-state index is 0.337. The van der Waals surface area contributed by atoms with Crippen molar-refractivity contribution in [3.8, 4) is 5.75 Å². The number of rotatable bonds is 5. The first-order chi connectivity index (χ1) is 9.56. The Bertz CT molecular complexity index is 613. The summed E-state index contributed by atoms with van der Waals surface area (Å²) in [5, 5.41) is 4.45. The van der Waals surface area contributed by atoms with Crippen LogP contribution in [0, 0.1) is 6.92 Å². The first kappa shape index (κ1) is 15.3. The van der Waals surface area contributed by atoms with E-state index in [9.17, 15) is 0 Å². The number of alkyl halides is 1. The quantitative estimate of drug-likeness (QED) is 0.764. The van der Waals surface area contributed by atoms with Gasteiger partial charge >= 0.3 is 0 Å². The van der Waals surface area contributed by atoms with Crippen molar-refractivity contribution in [3.63, 3.8) is 0 Å². The number of aromatic nitrogens is 3. The van der Waals surface area contributed by atoms with Crippen LogP contribution in [-0.2, 0) is 26.0 Å². The van der Waals surface area contributed by atoms with Crippen molar-refractivity contribution >= 4 is 27.5 Å². The van der Waals surface area contributed by atoms with Gasteiger partial charge in [-0.2, -0.15) is 5.10 Å². The molecule has 2 aromatic heterocycles. The summed E-state index contributed by atoms with van der Waals surface area (Å²) < 4.78 is 8.70. The van der Waals surface area contributed by atoms with E-state index in [2.05, 4.69) is 32.9 Å². The average Bonchev–Trinajstić information content (AvgIpc) is 2.72. The Morgan fingerprint density at radius 3 is 2.70 bits per heavy atom. The number of halogens is 2. The molecular formula is C14H17BrClN3O. The Kier molecular flexibility index (Phi) is 5.05. The smallest absolute Gasteiger partial charge is 0.142 e. The van der Waals surface area contributed by atoms with E-state index >= 15 is 0 Å². The Balaban J connectivity index is 2.19. The van der Waals surface area contributed by atoms with Gasteiger partial charge in [0.1, 0.15) is 12.4 Å². The zero-order chi connectivity index (χ0) is 14.7. The molecule has 0 N–H and O–H groups in total. The minimum Gasteiger partial charge on any atom is -0.485 e. The summed E-state index contributed by atoms with van der Waals surface area (Å²) in [6, 6.07) is 3.83. The fraction of sp³-hybridized carbons (Fsp3) is 0.429. The molecule has 2 aromatic rings. The maximum absolute atomic E-state index is 5.91. The summed E-state index contributed by atoms with van der Waals surface area (Å²) in [6.45, 7) is 4.44. The van der Waals surface area contributed by atoms with Gasteiger partial charge in [0.05, 0.1) is 27.4 Å². The molecule has 0 aliphatic carbocycles. The van der Waals surface area contributed by atoms with E-state index in [4.69, 9.17) is 16.3 Å². The molecule has 0 aliphatic heterocycles. The second-order valence-corrected chi connectivity index (χ2v) is 5.56. The highest BCUT2D eigenvalue weighted by Crippen LogP contribution is 2.25. The van der Waals surface area contributed by atoms with Gasteiger partial charge < -0.3 is 4.74 Å². The van der Waals surface area contributed by atoms with Crippen LogP contribution in [0.25, 0.3) is 0 Å². The second kappa shape index (κ2) is 6.59. The maximum atomic E-state index is 5.91. The lowest BCUT2D eigenvalue weighted by atomic mass is 10.3. The summed E-state index contributed by atoms with van der Waals surface area (Å²) in [5.41, 5.74) is 3.73. The molecule has 2 heterocycles. The second-order valence-electron chi connectivity index (χ2n) is 4.50. The van der Waals surface area contributed by atoms with Crippen LogP contribution in [0.1, 0.15) is 29.7 Å². The molecule has 0 atom stereocenters. The SMILES string of the molecule is CCc1nn(C)c(COc2ccc(C)nc2CCl)c1Br. The maximum Gasteiger partial charge on any atom is 0.142 e. The van der Waals surface area contributed by atoms with Crippen LogP contribution in [0.3, 0.4) is 0 Å². The molecule has 0 aromatic carbocycles. The zero-order valence-corrected chi connectivity index (χ0v) is 14.1. The molecule has 0 spiro atoms. The van der Waals surface area contributed by atoms with E-state index in [1.807, 2.05) is 30.8 Å². The number of nitrogens with zero attached hydrogens (tertiary/aromatic N) is 3. The Morgan fingerprint density at radius 2 is 2.10 bits per heavy atom. The topological polar surface area (TPSA) is 39.9 Å². The van der Waals surface area contributed by atoms with Crippen LogP contribution >= 0.6 is 27.5 Å². The van der Waals surface area contributed by atoms with Gasteiger partial charge in [-0.15, -0.1) is 11.6 Å². The lowest BCUT2D eigenvalue weighted by Gasteiger charge is -2.10. The van der Waals surface area contributed by atoms with Gasteiger partial charge in [-0.3, -0.25) is 9.67 Å². The van der Waals surface area contributed by atoms with Crippen molar-refractivity contribution in [3.05, 3.63) is 39.4 Å². The van der Waals surface area contributed by atoms with Crippen LogP contribution < -0.4 is 4.74 Å². The third-order valence-corrected chi connectivity index (χ3v) is 4.23. The molecule has 0 amide bonds. The molecule has 0 aliphatic rings. The molecule has 6 heteroatoms. The van der Waals surface area contributed by atoms with Gasteiger partial charge in [0.2, 0.25) is 0 Å². The van der Waals surface area contributed by atoms with E-state index in [0.717, 1.165) is 39.4 Å². The average molecular weight is 359 g/mol. The number of hydrogen-bond acceptors (Lipinski definition) is 3. The lowest BCUT2D eigenvalue weighted by molar-refractivity contribution is 0.290. The predicted octanol–water partition coefficient (Wildman–Crippen LogP) is 3.77. The predicted molar refractivity (Wildman–Crippen MR) is 83.1 cm³/mol. The number of aryl methyl sites for hydroxylation is 3. The van der Waals surface area contributed by atoms with E-state index in [1.54, 1.807) is 0 Å². The molecule has 2 rings (SSSR count). The normalized spacial score (nSPS) is 10.8. The number of ether oxygens (including phenoxy) is 1. The fourth-order valence-corrected chi connectivity index (χ4v) is 2.87. The van der Waals surface area contributed by atoms with E-state index in [-0.39, 0.29) is 0 Å². The first-order valence-corrected chi connectivity index (χ1v) is 7.75. The van der Waals surface area contributed by atoms with Gasteiger partial charge in [0.25, 0.3) is 0 Å². The Labute approximate surface area is 132 Å². The van der Waals surface area contributed by atoms with Crippen molar-refractivity contribution in [1.82, 2.24) is 14.8 Å². The molecule has 0 unspecified atom stereocenters. The van der Waals surface area contributed by atoms with Crippen molar-refractivity contribution < 1.29 is 4.74 Å². The van der Waals surface area contributed by atoms with E-state index in [0.29, 0.717) is 12.5 Å². The van der Waals surface area contributed by atoms with Crippen LogP contribution in [0.5, 0.6) is 5.75 Å². The molecule has 0 radical (unpaired) electrons. The molecule has 0 saturated carbocycles. The number of hydrogen-bond donors (Lipinski definition) is 0. The highest BCUT2D eigenvalue weighted by atomic mass is 79.9. The molecule has 0 bridgehead atoms. The van der Waals surface area contributed by atoms with Crippen LogP contribution in [0.15, 0.2) is 16.6 Å². The summed E-state index contributed by atoms with van der Waals surface area (Å²) in [4.78, 5) is 4.38. The molecule has 4 nitrogen and oxygen atoms in total. The summed E-state index contributed by atoms with van der Waals surface area (Å²) >= 11 is 9.48. The van der Waals surface area contributed by atoms with Crippen LogP contribution in [0.2, 0.25) is 0 Å². The molecule has 0 saturated heterocycles. The van der Waals surface area contributed by atoms with Crippen molar-refractivity contribution in [2.45, 2.75) is 32.8 Å². The molecule has 108 valence electrons. The first-order valence-electron chi connectivity index (χ1n) is 6.42. The fourth-order valence-electron chi connectivity index (χ4n) is 1.95. The minimum atomic E-state index is 0.337. The monoisotopic (exact) mass is 357 g/mol. The third kappa shape index (κ3) is 3.15. The van der Waals surface area contributed by atoms with Gasteiger partial charge in [0, 0.05) is 12.7 Å². The van der Waals surface area contributed by atoms with Gasteiger partial charge in [-0.05, 0) is 41.4 Å². The largest absolute Gasteiger partial charge is 0.485 e. The highest BCUT2D eigenvalue weighted by Gasteiger charge is 2.14. The Hall–Kier alpha value is -1.07. The summed E-state index contributed by atoms with van der Waals surface area (Å²) in [5.74, 6) is 1.06. The van der Waals surface area contributed by atoms with Crippen molar-refractivity contribution in [1.29, 1.82) is 0 Å². The van der Waals surface area contributed by atoms with Gasteiger partial charge in [-0.1, -0.05) is 6.92 Å². The summed E-state index contributed by atoms with van der Waals surface area (Å²) in [6.07, 6.45) is 0.882. The highest BCUT2D eigenvalue weighted by molar-refractivity contribution is 9.10. The van der Waals surface area contributed by atoms with Crippen molar-refractivity contribution in [2.75, 3.05) is 0 Å². The van der Waals surface area contributed by atoms with Gasteiger partial charge in [0.15, 0.2) is 0 Å². The third-order valence-electron chi connectivity index (χ3n) is 3.07. The van der Waals surface area contributed by atoms with Crippen LogP contribution in [0.4, 0.5) is 0 Å². The standard InChI is InChI=1S/C14H17BrClN3O/c1-4-10-14(15)12(19(3)18-10)8-20-13-6-5-9(2)17-11(13)7-16/h5-6H,4,7-8H2,1-3H3. The molecule has 20 heavy (non-hydrogen) atoms. The van der Waals surface area contributed by atoms with Gasteiger partial charge in [-0.25, -0.2) is 0 Å². The Morgan fingerprint density at radius 1 is 1.35 bits per heavy atom. The summed E-state index contributed by atoms with van der Waals surface area (Å²) in [7, 11) is 1.92. The number of pyridine rings is 1. The van der Waals surface area contributed by atoms with E-state index < -0.39 is 0 Å². The lowest BCUT2D eigenvalue weighted by Crippen LogP contribution is -2.05. The van der Waals surface area contributed by atoms with Crippen molar-refractivity contribution in [2.24, 2.45) is 7.05 Å².